The van der Waals surface area contributed by atoms with Gasteiger partial charge in [-0.2, -0.15) is 0 Å². The fraction of sp³-hybridized carbons (Fsp3) is 0.524. The van der Waals surface area contributed by atoms with E-state index in [0.717, 1.165) is 53.2 Å². The highest BCUT2D eigenvalue weighted by Gasteiger charge is 2.32. The van der Waals surface area contributed by atoms with Crippen molar-refractivity contribution in [1.29, 1.82) is 0 Å². The molecule has 1 aliphatic carbocycles. The lowest BCUT2D eigenvalue weighted by Crippen LogP contribution is -2.27. The van der Waals surface area contributed by atoms with Crippen molar-refractivity contribution in [3.8, 4) is 17.0 Å². The van der Waals surface area contributed by atoms with E-state index in [9.17, 15) is 9.36 Å². The van der Waals surface area contributed by atoms with Crippen LogP contribution in [-0.4, -0.2) is 54.9 Å². The van der Waals surface area contributed by atoms with Crippen LogP contribution in [0.25, 0.3) is 11.3 Å². The molecule has 2 heterocycles. The van der Waals surface area contributed by atoms with Crippen molar-refractivity contribution in [2.24, 2.45) is 0 Å². The first-order chi connectivity index (χ1) is 14.5. The predicted molar refractivity (Wildman–Crippen MR) is 117 cm³/mol. The molecule has 1 saturated heterocycles. The van der Waals surface area contributed by atoms with Gasteiger partial charge in [0.25, 0.3) is 0 Å². The molecule has 2 aromatic rings. The first-order valence-corrected chi connectivity index (χ1v) is 13.0. The maximum atomic E-state index is 13.0. The normalized spacial score (nSPS) is 15.9. The highest BCUT2D eigenvalue weighted by atomic mass is 32.1. The van der Waals surface area contributed by atoms with Gasteiger partial charge in [0.1, 0.15) is 5.75 Å². The minimum atomic E-state index is -3.34. The van der Waals surface area contributed by atoms with E-state index in [1.807, 2.05) is 6.07 Å². The fourth-order valence-electron chi connectivity index (χ4n) is 4.09. The number of carbonyl (C=O) groups is 1. The summed E-state index contributed by atoms with van der Waals surface area (Å²) in [6.07, 6.45) is 2.79. The third-order valence-corrected chi connectivity index (χ3v) is 7.97. The molecule has 0 unspecified atom stereocenters. The largest absolute Gasteiger partial charge is 0.480 e. The molecule has 0 bridgehead atoms. The van der Waals surface area contributed by atoms with E-state index in [4.69, 9.17) is 13.8 Å². The summed E-state index contributed by atoms with van der Waals surface area (Å²) in [6.45, 7) is 6.50. The zero-order chi connectivity index (χ0) is 21.1. The molecule has 0 N–H and O–H groups in total. The van der Waals surface area contributed by atoms with Crippen LogP contribution in [0.15, 0.2) is 17.6 Å². The van der Waals surface area contributed by atoms with E-state index in [-0.39, 0.29) is 25.3 Å². The molecule has 1 aromatic heterocycles. The summed E-state index contributed by atoms with van der Waals surface area (Å²) in [5.41, 5.74) is 5.17. The molecule has 1 fully saturated rings. The highest BCUT2D eigenvalue weighted by molar-refractivity contribution is 7.53. The first-order valence-electron chi connectivity index (χ1n) is 10.4. The van der Waals surface area contributed by atoms with E-state index >= 15 is 0 Å². The number of nitrogens with zero attached hydrogens (tertiary/aromatic N) is 2. The van der Waals surface area contributed by atoms with Crippen LogP contribution in [0.5, 0.6) is 5.75 Å². The lowest BCUT2D eigenvalue weighted by atomic mass is 9.98. The number of hydrogen-bond acceptors (Lipinski definition) is 8. The Balaban J connectivity index is 1.62. The molecule has 1 aliphatic heterocycles. The van der Waals surface area contributed by atoms with Crippen LogP contribution < -0.4 is 4.74 Å². The number of fused-ring (bicyclic) bond motifs is 3. The van der Waals surface area contributed by atoms with E-state index < -0.39 is 7.60 Å². The number of hydrogen-bond donors (Lipinski definition) is 0. The number of Topliss-reactive ketones (excluding diaryl/α,β-unsaturated/α-hetero) is 1. The number of thiazole rings is 1. The number of carbonyl (C=O) groups excluding carboxylic acids is 1. The molecule has 7 nitrogen and oxygen atoms in total. The number of ether oxygens (including phenoxy) is 1. The van der Waals surface area contributed by atoms with Gasteiger partial charge in [-0.15, -0.1) is 11.3 Å². The Morgan fingerprint density at radius 3 is 2.63 bits per heavy atom. The predicted octanol–water partition coefficient (Wildman–Crippen LogP) is 4.60. The van der Waals surface area contributed by atoms with E-state index in [1.54, 1.807) is 36.8 Å². The van der Waals surface area contributed by atoms with Crippen LogP contribution in [-0.2, 0) is 20.0 Å². The van der Waals surface area contributed by atoms with Crippen molar-refractivity contribution in [3.05, 3.63) is 33.6 Å². The number of aromatic nitrogens is 1. The van der Waals surface area contributed by atoms with Crippen LogP contribution in [0.3, 0.4) is 0 Å². The third kappa shape index (κ3) is 4.39. The summed E-state index contributed by atoms with van der Waals surface area (Å²) in [6, 6.07) is 3.61. The smallest absolute Gasteiger partial charge is 0.367 e. The van der Waals surface area contributed by atoms with Crippen molar-refractivity contribution < 1.29 is 23.1 Å². The molecule has 2 aliphatic rings. The highest BCUT2D eigenvalue weighted by Crippen LogP contribution is 2.50. The lowest BCUT2D eigenvalue weighted by Gasteiger charge is -2.20. The molecule has 30 heavy (non-hydrogen) atoms. The van der Waals surface area contributed by atoms with Gasteiger partial charge in [-0.3, -0.25) is 14.3 Å². The van der Waals surface area contributed by atoms with Gasteiger partial charge < -0.3 is 13.8 Å². The summed E-state index contributed by atoms with van der Waals surface area (Å²) in [4.78, 5) is 20.9. The average Bonchev–Trinajstić information content (AvgIpc) is 3.44. The molecule has 9 heteroatoms. The summed E-state index contributed by atoms with van der Waals surface area (Å²) in [5.74, 6) is 0.691. The molecule has 4 rings (SSSR count). The van der Waals surface area contributed by atoms with Crippen LogP contribution >= 0.6 is 18.9 Å². The van der Waals surface area contributed by atoms with E-state index in [0.29, 0.717) is 18.7 Å². The molecule has 162 valence electrons. The number of likely N-dealkylation sites (tertiary alicyclic amines) is 1. The quantitative estimate of drug-likeness (QED) is 0.330. The topological polar surface area (TPSA) is 78.0 Å². The van der Waals surface area contributed by atoms with E-state index in [1.165, 1.54) is 0 Å². The molecule has 0 saturated carbocycles. The number of rotatable bonds is 10. The molecule has 1 aromatic carbocycles. The van der Waals surface area contributed by atoms with Crippen molar-refractivity contribution in [3.63, 3.8) is 0 Å². The second-order valence-corrected chi connectivity index (χ2v) is 10.3. The summed E-state index contributed by atoms with van der Waals surface area (Å²) >= 11 is 1.58. The Labute approximate surface area is 180 Å². The standard InChI is InChI=1S/C21H27N2O5PS/c1-3-27-29(25,28-4-2)14-26-18-8-7-15(17(24)12-23-9-5-6-10-23)16-11-19-21(20(16)18)22-13-30-19/h7-8,13H,3-6,9-12,14H2,1-2H3. The zero-order valence-electron chi connectivity index (χ0n) is 17.4. The summed E-state index contributed by atoms with van der Waals surface area (Å²) in [5, 5.41) is 0. The summed E-state index contributed by atoms with van der Waals surface area (Å²) < 4.78 is 29.4. The third-order valence-electron chi connectivity index (χ3n) is 5.39. The monoisotopic (exact) mass is 450 g/mol. The van der Waals surface area contributed by atoms with Crippen LogP contribution in [0, 0.1) is 0 Å². The van der Waals surface area contributed by atoms with Crippen molar-refractivity contribution in [2.45, 2.75) is 33.1 Å². The Bertz CT molecular complexity index is 960. The van der Waals surface area contributed by atoms with Gasteiger partial charge in [-0.1, -0.05) is 0 Å². The van der Waals surface area contributed by atoms with Crippen LogP contribution in [0.2, 0.25) is 0 Å². The second-order valence-electron chi connectivity index (χ2n) is 7.39. The minimum absolute atomic E-state index is 0.129. The Kier molecular flexibility index (Phi) is 6.70. The zero-order valence-corrected chi connectivity index (χ0v) is 19.1. The van der Waals surface area contributed by atoms with Gasteiger partial charge in [0.15, 0.2) is 12.1 Å². The molecular weight excluding hydrogens is 423 g/mol. The fourth-order valence-corrected chi connectivity index (χ4v) is 6.18. The lowest BCUT2D eigenvalue weighted by molar-refractivity contribution is 0.0944. The Morgan fingerprint density at radius 1 is 1.20 bits per heavy atom. The first kappa shape index (κ1) is 21.7. The minimum Gasteiger partial charge on any atom is -0.480 e. The maximum Gasteiger partial charge on any atom is 0.367 e. The van der Waals surface area contributed by atoms with Crippen molar-refractivity contribution in [1.82, 2.24) is 9.88 Å². The van der Waals surface area contributed by atoms with Gasteiger partial charge >= 0.3 is 7.60 Å². The SMILES string of the molecule is CCOP(=O)(COc1ccc(C(=O)CN2CCCC2)c2c1-c1ncsc1C2)OCC. The van der Waals surface area contributed by atoms with Gasteiger partial charge in [0.2, 0.25) is 0 Å². The molecule has 0 atom stereocenters. The van der Waals surface area contributed by atoms with E-state index in [2.05, 4.69) is 9.88 Å². The van der Waals surface area contributed by atoms with Gasteiger partial charge in [0, 0.05) is 22.4 Å². The second kappa shape index (κ2) is 9.28. The molecule has 0 amide bonds. The average molecular weight is 450 g/mol. The van der Waals surface area contributed by atoms with Crippen LogP contribution in [0.4, 0.5) is 0 Å². The number of ketones is 1. The number of benzene rings is 1. The van der Waals surface area contributed by atoms with Gasteiger partial charge in [-0.05, 0) is 57.5 Å². The molecular formula is C21H27N2O5PS. The van der Waals surface area contributed by atoms with Crippen molar-refractivity contribution >= 4 is 24.7 Å². The molecule has 0 spiro atoms. The molecule has 0 radical (unpaired) electrons. The maximum absolute atomic E-state index is 13.0. The van der Waals surface area contributed by atoms with Gasteiger partial charge in [-0.25, -0.2) is 4.98 Å². The van der Waals surface area contributed by atoms with Crippen LogP contribution in [0.1, 0.15) is 47.5 Å². The Morgan fingerprint density at radius 2 is 1.93 bits per heavy atom. The van der Waals surface area contributed by atoms with Gasteiger partial charge in [0.05, 0.1) is 31.0 Å². The summed E-state index contributed by atoms with van der Waals surface area (Å²) in [7, 11) is -3.34. The Hall–Kier alpha value is -1.57. The van der Waals surface area contributed by atoms with Crippen molar-refractivity contribution in [2.75, 3.05) is 39.2 Å².